The second-order valence-electron chi connectivity index (χ2n) is 5.16. The quantitative estimate of drug-likeness (QED) is 0.721. The maximum Gasteiger partial charge on any atom is 0.306 e. The molecule has 1 aromatic rings. The molecule has 1 atom stereocenters. The minimum absolute atomic E-state index is 0.0620. The van der Waals surface area contributed by atoms with Crippen molar-refractivity contribution < 1.29 is 18.7 Å². The van der Waals surface area contributed by atoms with Crippen molar-refractivity contribution in [2.45, 2.75) is 46.2 Å². The highest BCUT2D eigenvalue weighted by atomic mass is 16.5. The minimum Gasteiger partial charge on any atom is -0.469 e. The number of ether oxygens (including phenoxy) is 1. The molecule has 5 nitrogen and oxygen atoms in total. The number of amides is 1. The topological polar surface area (TPSA) is 59.8 Å². The average molecular weight is 281 g/mol. The summed E-state index contributed by atoms with van der Waals surface area (Å²) in [5, 5.41) is 0. The van der Waals surface area contributed by atoms with E-state index in [1.54, 1.807) is 17.2 Å². The Morgan fingerprint density at radius 2 is 2.00 bits per heavy atom. The van der Waals surface area contributed by atoms with Crippen molar-refractivity contribution in [1.82, 2.24) is 4.90 Å². The number of carbonyl (C=O) groups excluding carboxylic acids is 2. The van der Waals surface area contributed by atoms with E-state index in [0.717, 1.165) is 5.76 Å². The van der Waals surface area contributed by atoms with Crippen LogP contribution in [0, 0.1) is 5.92 Å². The van der Waals surface area contributed by atoms with E-state index in [4.69, 9.17) is 4.42 Å². The van der Waals surface area contributed by atoms with E-state index >= 15 is 0 Å². The van der Waals surface area contributed by atoms with Crippen molar-refractivity contribution in [2.75, 3.05) is 7.11 Å². The highest BCUT2D eigenvalue weighted by molar-refractivity contribution is 5.81. The number of carbonyl (C=O) groups is 2. The van der Waals surface area contributed by atoms with Gasteiger partial charge in [0.15, 0.2) is 0 Å². The first-order valence-corrected chi connectivity index (χ1v) is 6.84. The molecule has 0 radical (unpaired) electrons. The molecule has 0 bridgehead atoms. The van der Waals surface area contributed by atoms with Gasteiger partial charge < -0.3 is 14.1 Å². The number of methoxy groups -OCH3 is 1. The van der Waals surface area contributed by atoms with Gasteiger partial charge >= 0.3 is 5.97 Å². The minimum atomic E-state index is -0.367. The summed E-state index contributed by atoms with van der Waals surface area (Å²) in [7, 11) is 1.32. The summed E-state index contributed by atoms with van der Waals surface area (Å²) >= 11 is 0. The molecule has 0 fully saturated rings. The second-order valence-corrected chi connectivity index (χ2v) is 5.16. The molecule has 1 heterocycles. The van der Waals surface area contributed by atoms with Gasteiger partial charge in [-0.3, -0.25) is 9.59 Å². The van der Waals surface area contributed by atoms with Crippen LogP contribution in [0.4, 0.5) is 0 Å². The summed E-state index contributed by atoms with van der Waals surface area (Å²) in [6.45, 7) is 6.55. The van der Waals surface area contributed by atoms with Crippen molar-refractivity contribution in [3.63, 3.8) is 0 Å². The predicted molar refractivity (Wildman–Crippen MR) is 74.8 cm³/mol. The molecular weight excluding hydrogens is 258 g/mol. The molecule has 5 heteroatoms. The Labute approximate surface area is 119 Å². The van der Waals surface area contributed by atoms with Crippen molar-refractivity contribution in [2.24, 2.45) is 5.92 Å². The number of hydrogen-bond acceptors (Lipinski definition) is 4. The van der Waals surface area contributed by atoms with Crippen LogP contribution in [0.5, 0.6) is 0 Å². The molecule has 1 aromatic heterocycles. The summed E-state index contributed by atoms with van der Waals surface area (Å²) in [5.41, 5.74) is 0. The molecule has 1 amide bonds. The Kier molecular flexibility index (Phi) is 6.28. The molecule has 0 saturated heterocycles. The van der Waals surface area contributed by atoms with Crippen LogP contribution in [0.25, 0.3) is 0 Å². The third-order valence-electron chi connectivity index (χ3n) is 3.45. The number of furan rings is 1. The fourth-order valence-corrected chi connectivity index (χ4v) is 1.84. The number of hydrogen-bond donors (Lipinski definition) is 0. The summed E-state index contributed by atoms with van der Waals surface area (Å²) < 4.78 is 9.87. The third kappa shape index (κ3) is 4.72. The Bertz CT molecular complexity index is 425. The fraction of sp³-hybridized carbons (Fsp3) is 0.600. The summed E-state index contributed by atoms with van der Waals surface area (Å²) in [6, 6.07) is 3.71. The Balaban J connectivity index is 2.71. The van der Waals surface area contributed by atoms with Crippen LogP contribution >= 0.6 is 0 Å². The SMILES string of the molecule is COC(=O)CCC(=O)N(Cc1ccco1)[C@H](C)C(C)C. The van der Waals surface area contributed by atoms with Crippen LogP contribution in [0.1, 0.15) is 39.4 Å². The van der Waals surface area contributed by atoms with E-state index < -0.39 is 0 Å². The van der Waals surface area contributed by atoms with E-state index in [2.05, 4.69) is 18.6 Å². The lowest BCUT2D eigenvalue weighted by molar-refractivity contribution is -0.144. The molecule has 112 valence electrons. The Morgan fingerprint density at radius 3 is 2.50 bits per heavy atom. The van der Waals surface area contributed by atoms with Gasteiger partial charge in [0, 0.05) is 12.5 Å². The predicted octanol–water partition coefficient (Wildman–Crippen LogP) is 2.61. The first kappa shape index (κ1) is 16.3. The van der Waals surface area contributed by atoms with Gasteiger partial charge in [0.1, 0.15) is 5.76 Å². The first-order chi connectivity index (χ1) is 9.45. The average Bonchev–Trinajstić information content (AvgIpc) is 2.93. The van der Waals surface area contributed by atoms with Crippen LogP contribution in [0.15, 0.2) is 22.8 Å². The van der Waals surface area contributed by atoms with Crippen LogP contribution < -0.4 is 0 Å². The maximum atomic E-state index is 12.3. The lowest BCUT2D eigenvalue weighted by Crippen LogP contribution is -2.41. The largest absolute Gasteiger partial charge is 0.469 e. The lowest BCUT2D eigenvalue weighted by Gasteiger charge is -2.31. The van der Waals surface area contributed by atoms with E-state index in [1.165, 1.54) is 7.11 Å². The zero-order valence-electron chi connectivity index (χ0n) is 12.6. The Hall–Kier alpha value is -1.78. The van der Waals surface area contributed by atoms with Crippen molar-refractivity contribution >= 4 is 11.9 Å². The van der Waals surface area contributed by atoms with Crippen molar-refractivity contribution in [3.8, 4) is 0 Å². The van der Waals surface area contributed by atoms with Gasteiger partial charge in [0.2, 0.25) is 5.91 Å². The van der Waals surface area contributed by atoms with Crippen LogP contribution in [0.2, 0.25) is 0 Å². The van der Waals surface area contributed by atoms with Gasteiger partial charge in [-0.05, 0) is 25.0 Å². The monoisotopic (exact) mass is 281 g/mol. The molecule has 0 aliphatic rings. The summed E-state index contributed by atoms with van der Waals surface area (Å²) in [5.74, 6) is 0.637. The molecule has 0 N–H and O–H groups in total. The molecule has 0 aliphatic heterocycles. The third-order valence-corrected chi connectivity index (χ3v) is 3.45. The molecule has 0 aliphatic carbocycles. The summed E-state index contributed by atoms with van der Waals surface area (Å²) in [6.07, 6.45) is 1.85. The van der Waals surface area contributed by atoms with E-state index in [1.807, 2.05) is 13.0 Å². The van der Waals surface area contributed by atoms with Gasteiger partial charge in [0.05, 0.1) is 26.3 Å². The number of rotatable bonds is 7. The highest BCUT2D eigenvalue weighted by Crippen LogP contribution is 2.17. The van der Waals surface area contributed by atoms with E-state index in [-0.39, 0.29) is 30.8 Å². The van der Waals surface area contributed by atoms with Gasteiger partial charge in [-0.2, -0.15) is 0 Å². The van der Waals surface area contributed by atoms with Crippen LogP contribution in [-0.2, 0) is 20.9 Å². The normalized spacial score (nSPS) is 12.2. The summed E-state index contributed by atoms with van der Waals surface area (Å²) in [4.78, 5) is 25.2. The van der Waals surface area contributed by atoms with Gasteiger partial charge in [-0.25, -0.2) is 0 Å². The Morgan fingerprint density at radius 1 is 1.30 bits per heavy atom. The van der Waals surface area contributed by atoms with Crippen molar-refractivity contribution in [1.29, 1.82) is 0 Å². The molecule has 0 unspecified atom stereocenters. The zero-order chi connectivity index (χ0) is 15.1. The van der Waals surface area contributed by atoms with Crippen molar-refractivity contribution in [3.05, 3.63) is 24.2 Å². The van der Waals surface area contributed by atoms with Gasteiger partial charge in [-0.15, -0.1) is 0 Å². The van der Waals surface area contributed by atoms with E-state index in [0.29, 0.717) is 12.5 Å². The lowest BCUT2D eigenvalue weighted by atomic mass is 10.0. The van der Waals surface area contributed by atoms with E-state index in [9.17, 15) is 9.59 Å². The second kappa shape index (κ2) is 7.72. The van der Waals surface area contributed by atoms with Gasteiger partial charge in [0.25, 0.3) is 0 Å². The van der Waals surface area contributed by atoms with Gasteiger partial charge in [-0.1, -0.05) is 13.8 Å². The molecule has 0 spiro atoms. The molecule has 0 saturated carbocycles. The molecule has 20 heavy (non-hydrogen) atoms. The fourth-order valence-electron chi connectivity index (χ4n) is 1.84. The van der Waals surface area contributed by atoms with Crippen LogP contribution in [0.3, 0.4) is 0 Å². The first-order valence-electron chi connectivity index (χ1n) is 6.84. The maximum absolute atomic E-state index is 12.3. The number of nitrogens with zero attached hydrogens (tertiary/aromatic N) is 1. The van der Waals surface area contributed by atoms with Crippen LogP contribution in [-0.4, -0.2) is 29.9 Å². The molecule has 0 aromatic carbocycles. The zero-order valence-corrected chi connectivity index (χ0v) is 12.6. The molecule has 1 rings (SSSR count). The number of esters is 1. The smallest absolute Gasteiger partial charge is 0.306 e. The molecular formula is C15H23NO4. The highest BCUT2D eigenvalue weighted by Gasteiger charge is 2.24. The standard InChI is InChI=1S/C15H23NO4/c1-11(2)12(3)16(10-13-6-5-9-20-13)14(17)7-8-15(18)19-4/h5-6,9,11-12H,7-8,10H2,1-4H3/t12-/m1/s1.